The summed E-state index contributed by atoms with van der Waals surface area (Å²) < 4.78 is 0. The number of aliphatic carboxylic acids is 1. The number of para-hydroxylation sites is 1. The van der Waals surface area contributed by atoms with Gasteiger partial charge in [-0.05, 0) is 36.6 Å². The molecule has 1 saturated heterocycles. The van der Waals surface area contributed by atoms with E-state index in [2.05, 4.69) is 0 Å². The number of amides is 3. The molecule has 30 heavy (non-hydrogen) atoms. The number of benzene rings is 2. The number of aryl methyl sites for hydroxylation is 1. The third-order valence-corrected chi connectivity index (χ3v) is 4.98. The smallest absolute Gasteiger partial charge is 0.257 e. The highest BCUT2D eigenvalue weighted by molar-refractivity contribution is 6.23. The van der Waals surface area contributed by atoms with Gasteiger partial charge in [-0.3, -0.25) is 14.4 Å². The number of nitrogens with zero attached hydrogens (tertiary/aromatic N) is 2. The number of hydrogen-bond acceptors (Lipinski definition) is 5. The molecule has 3 rings (SSSR count). The molecule has 0 aromatic heterocycles. The van der Waals surface area contributed by atoms with Gasteiger partial charge in [0.05, 0.1) is 18.1 Å². The molecule has 1 aliphatic rings. The molecule has 7 heteroatoms. The van der Waals surface area contributed by atoms with Crippen molar-refractivity contribution >= 4 is 29.4 Å². The number of rotatable bonds is 7. The maximum absolute atomic E-state index is 13.1. The van der Waals surface area contributed by atoms with Crippen molar-refractivity contribution in [1.29, 1.82) is 0 Å². The Morgan fingerprint density at radius 3 is 2.40 bits per heavy atom. The normalized spacial score (nSPS) is 16.3. The lowest BCUT2D eigenvalue weighted by molar-refractivity contribution is -0.297. The van der Waals surface area contributed by atoms with Gasteiger partial charge in [0.2, 0.25) is 11.8 Å². The molecule has 0 aliphatic carbocycles. The van der Waals surface area contributed by atoms with Gasteiger partial charge in [0, 0.05) is 12.6 Å². The number of carbonyl (C=O) groups excluding carboxylic acids is 4. The predicted octanol–water partition coefficient (Wildman–Crippen LogP) is 1.00. The first kappa shape index (κ1) is 21.0. The van der Waals surface area contributed by atoms with Crippen LogP contribution in [0.2, 0.25) is 0 Å². The van der Waals surface area contributed by atoms with E-state index in [1.54, 1.807) is 25.1 Å². The van der Waals surface area contributed by atoms with Gasteiger partial charge in [0.25, 0.3) is 5.91 Å². The van der Waals surface area contributed by atoms with E-state index < -0.39 is 29.7 Å². The molecular weight excluding hydrogens is 384 g/mol. The number of carboxylic acids is 1. The fourth-order valence-electron chi connectivity index (χ4n) is 3.48. The number of hydrogen-bond donors (Lipinski definition) is 0. The summed E-state index contributed by atoms with van der Waals surface area (Å²) in [4.78, 5) is 51.5. The highest BCUT2D eigenvalue weighted by Gasteiger charge is 2.44. The first-order valence-corrected chi connectivity index (χ1v) is 9.54. The molecule has 1 heterocycles. The van der Waals surface area contributed by atoms with Gasteiger partial charge in [-0.25, -0.2) is 4.90 Å². The van der Waals surface area contributed by atoms with Gasteiger partial charge in [-0.2, -0.15) is 0 Å². The zero-order valence-corrected chi connectivity index (χ0v) is 16.5. The maximum Gasteiger partial charge on any atom is 0.257 e. The molecular formula is C23H21N2O5-. The summed E-state index contributed by atoms with van der Waals surface area (Å²) >= 11 is 0. The molecule has 3 amide bonds. The predicted molar refractivity (Wildman–Crippen MR) is 108 cm³/mol. The van der Waals surface area contributed by atoms with Crippen LogP contribution in [0.3, 0.4) is 0 Å². The second kappa shape index (κ2) is 9.17. The van der Waals surface area contributed by atoms with Crippen molar-refractivity contribution in [2.24, 2.45) is 0 Å². The van der Waals surface area contributed by atoms with Crippen molar-refractivity contribution in [2.75, 3.05) is 11.4 Å². The Morgan fingerprint density at radius 2 is 1.73 bits per heavy atom. The molecule has 0 radical (unpaired) electrons. The fourth-order valence-corrected chi connectivity index (χ4v) is 3.48. The lowest BCUT2D eigenvalue weighted by Gasteiger charge is -2.27. The molecule has 2 aromatic carbocycles. The molecule has 1 aliphatic heterocycles. The zero-order chi connectivity index (χ0) is 21.7. The highest BCUT2D eigenvalue weighted by Crippen LogP contribution is 2.28. The highest BCUT2D eigenvalue weighted by atomic mass is 16.4. The summed E-state index contributed by atoms with van der Waals surface area (Å²) in [6.07, 6.45) is 1.77. The molecule has 0 bridgehead atoms. The summed E-state index contributed by atoms with van der Waals surface area (Å²) in [7, 11) is 0. The third-order valence-electron chi connectivity index (χ3n) is 4.98. The van der Waals surface area contributed by atoms with Crippen LogP contribution < -0.4 is 10.0 Å². The summed E-state index contributed by atoms with van der Waals surface area (Å²) in [6, 6.07) is 15.4. The third kappa shape index (κ3) is 4.63. The van der Waals surface area contributed by atoms with Crippen molar-refractivity contribution in [3.8, 4) is 0 Å². The van der Waals surface area contributed by atoms with Gasteiger partial charge in [-0.15, -0.1) is 0 Å². The lowest BCUT2D eigenvalue weighted by atomic mass is 10.1. The molecule has 0 saturated carbocycles. The van der Waals surface area contributed by atoms with Crippen molar-refractivity contribution in [3.63, 3.8) is 0 Å². The van der Waals surface area contributed by atoms with Crippen LogP contribution in [0.15, 0.2) is 66.7 Å². The van der Waals surface area contributed by atoms with Crippen LogP contribution in [0.4, 0.5) is 5.69 Å². The van der Waals surface area contributed by atoms with Crippen LogP contribution in [0, 0.1) is 6.92 Å². The molecule has 0 N–H and O–H groups in total. The Kier molecular flexibility index (Phi) is 6.41. The van der Waals surface area contributed by atoms with Gasteiger partial charge >= 0.3 is 0 Å². The molecule has 7 nitrogen and oxygen atoms in total. The van der Waals surface area contributed by atoms with E-state index in [-0.39, 0.29) is 13.0 Å². The van der Waals surface area contributed by atoms with E-state index in [4.69, 9.17) is 0 Å². The maximum atomic E-state index is 13.1. The van der Waals surface area contributed by atoms with E-state index in [0.29, 0.717) is 18.2 Å². The number of anilines is 1. The molecule has 154 valence electrons. The molecule has 0 spiro atoms. The molecule has 1 fully saturated rings. The average Bonchev–Trinajstić information content (AvgIpc) is 3.02. The van der Waals surface area contributed by atoms with Crippen LogP contribution in [-0.2, 0) is 25.6 Å². The fraction of sp³-hybridized carbons (Fsp3) is 0.217. The van der Waals surface area contributed by atoms with Crippen molar-refractivity contribution in [3.05, 3.63) is 77.9 Å². The Bertz CT molecular complexity index is 1000. The Hall–Kier alpha value is -3.74. The SMILES string of the molecule is Cc1ccccc1N1C(=O)C[C@H](N(CCc2ccccc2)C(=O)/C=C/C(=O)[O-])C1=O. The monoisotopic (exact) mass is 405 g/mol. The average molecular weight is 405 g/mol. The number of imide groups is 1. The second-order valence-electron chi connectivity index (χ2n) is 6.99. The van der Waals surface area contributed by atoms with Gasteiger partial charge in [0.15, 0.2) is 0 Å². The Morgan fingerprint density at radius 1 is 1.07 bits per heavy atom. The molecule has 2 aromatic rings. The van der Waals surface area contributed by atoms with Crippen LogP contribution in [0.25, 0.3) is 0 Å². The Labute approximate surface area is 174 Å². The van der Waals surface area contributed by atoms with Crippen molar-refractivity contribution in [1.82, 2.24) is 4.90 Å². The summed E-state index contributed by atoms with van der Waals surface area (Å²) in [6.45, 7) is 1.95. The summed E-state index contributed by atoms with van der Waals surface area (Å²) in [5, 5.41) is 10.7. The standard InChI is InChI=1S/C23H22N2O5/c1-16-7-5-6-10-18(16)25-21(27)15-19(23(25)30)24(20(26)11-12-22(28)29)14-13-17-8-3-2-4-9-17/h2-12,19H,13-15H2,1H3,(H,28,29)/p-1/b12-11+/t19-/m0/s1. The largest absolute Gasteiger partial charge is 0.545 e. The quantitative estimate of drug-likeness (QED) is 0.506. The molecule has 0 unspecified atom stereocenters. The van der Waals surface area contributed by atoms with Gasteiger partial charge < -0.3 is 14.8 Å². The number of carbonyl (C=O) groups is 4. The van der Waals surface area contributed by atoms with Crippen LogP contribution in [-0.4, -0.2) is 41.2 Å². The topological polar surface area (TPSA) is 97.8 Å². The van der Waals surface area contributed by atoms with E-state index in [9.17, 15) is 24.3 Å². The van der Waals surface area contributed by atoms with Crippen LogP contribution in [0.1, 0.15) is 17.5 Å². The minimum absolute atomic E-state index is 0.158. The Balaban J connectivity index is 1.87. The zero-order valence-electron chi connectivity index (χ0n) is 16.5. The number of carboxylic acid groups (broad SMARTS) is 1. The second-order valence-corrected chi connectivity index (χ2v) is 6.99. The van der Waals surface area contributed by atoms with Crippen molar-refractivity contribution < 1.29 is 24.3 Å². The van der Waals surface area contributed by atoms with Crippen molar-refractivity contribution in [2.45, 2.75) is 25.8 Å². The summed E-state index contributed by atoms with van der Waals surface area (Å²) in [5.74, 6) is -3.08. The van der Waals surface area contributed by atoms with Crippen LogP contribution >= 0.6 is 0 Å². The van der Waals surface area contributed by atoms with Gasteiger partial charge in [0.1, 0.15) is 6.04 Å². The van der Waals surface area contributed by atoms with E-state index in [1.807, 2.05) is 36.4 Å². The van der Waals surface area contributed by atoms with E-state index >= 15 is 0 Å². The van der Waals surface area contributed by atoms with Gasteiger partial charge in [-0.1, -0.05) is 48.5 Å². The van der Waals surface area contributed by atoms with Crippen LogP contribution in [0.5, 0.6) is 0 Å². The first-order valence-electron chi connectivity index (χ1n) is 9.54. The minimum atomic E-state index is -1.51. The minimum Gasteiger partial charge on any atom is -0.545 e. The first-order chi connectivity index (χ1) is 14.4. The molecule has 1 atom stereocenters. The lowest BCUT2D eigenvalue weighted by Crippen LogP contribution is -2.46. The summed E-state index contributed by atoms with van der Waals surface area (Å²) in [5.41, 5.74) is 2.20. The van der Waals surface area contributed by atoms with E-state index in [0.717, 1.165) is 22.1 Å². The van der Waals surface area contributed by atoms with E-state index in [1.165, 1.54) is 4.90 Å².